The van der Waals surface area contributed by atoms with Gasteiger partial charge in [-0.1, -0.05) is 6.07 Å². The van der Waals surface area contributed by atoms with Crippen LogP contribution in [0.3, 0.4) is 0 Å². The van der Waals surface area contributed by atoms with Gasteiger partial charge in [0.2, 0.25) is 6.43 Å². The highest BCUT2D eigenvalue weighted by atomic mass is 19.3. The van der Waals surface area contributed by atoms with E-state index in [1.54, 1.807) is 23.1 Å². The highest BCUT2D eigenvalue weighted by Gasteiger charge is 2.42. The average Bonchev–Trinajstić information content (AvgIpc) is 3.40. The first-order chi connectivity index (χ1) is 15.0. The summed E-state index contributed by atoms with van der Waals surface area (Å²) < 4.78 is 26.4. The molecule has 0 unspecified atom stereocenters. The van der Waals surface area contributed by atoms with Gasteiger partial charge in [0, 0.05) is 48.4 Å². The number of nitrogens with one attached hydrogen (secondary N) is 2. The van der Waals surface area contributed by atoms with Gasteiger partial charge in [0.15, 0.2) is 5.65 Å². The Morgan fingerprint density at radius 1 is 1.19 bits per heavy atom. The van der Waals surface area contributed by atoms with Gasteiger partial charge < -0.3 is 4.98 Å². The van der Waals surface area contributed by atoms with E-state index in [4.69, 9.17) is 0 Å². The maximum Gasteiger partial charge on any atom is 0.325 e. The number of aromatic nitrogens is 6. The van der Waals surface area contributed by atoms with Crippen LogP contribution in [-0.4, -0.2) is 36.0 Å². The molecule has 8 nitrogen and oxygen atoms in total. The molecular formula is C21H18F2N6O2. The van der Waals surface area contributed by atoms with Gasteiger partial charge in [-0.25, -0.2) is 23.1 Å². The zero-order chi connectivity index (χ0) is 21.5. The number of H-pyrrole nitrogens is 2. The number of fused-ring (bicyclic) bond motifs is 1. The van der Waals surface area contributed by atoms with Crippen molar-refractivity contribution in [3.63, 3.8) is 0 Å². The predicted octanol–water partition coefficient (Wildman–Crippen LogP) is 2.64. The van der Waals surface area contributed by atoms with Crippen LogP contribution in [0.2, 0.25) is 0 Å². The van der Waals surface area contributed by atoms with Crippen LogP contribution >= 0.6 is 0 Å². The van der Waals surface area contributed by atoms with Gasteiger partial charge in [0.25, 0.3) is 5.56 Å². The lowest BCUT2D eigenvalue weighted by Gasteiger charge is -2.07. The summed E-state index contributed by atoms with van der Waals surface area (Å²) in [6.07, 6.45) is 5.02. The SMILES string of the molecule is O=c1[nH]cc(-c2cc([C@H]3C[C@@H]3c3ccc(CCC(F)F)cn3)c3nccn3n2)c(=O)[nH]1. The van der Waals surface area contributed by atoms with Crippen LogP contribution in [-0.2, 0) is 6.42 Å². The molecule has 0 aliphatic heterocycles. The molecule has 2 atom stereocenters. The third-order valence-corrected chi connectivity index (χ3v) is 5.55. The molecule has 0 bridgehead atoms. The second kappa shape index (κ2) is 7.53. The molecule has 5 rings (SSSR count). The number of aryl methyl sites for hydroxylation is 1. The number of hydrogen-bond acceptors (Lipinski definition) is 5. The van der Waals surface area contributed by atoms with E-state index in [2.05, 4.69) is 25.0 Å². The Kier molecular flexibility index (Phi) is 4.68. The van der Waals surface area contributed by atoms with Gasteiger partial charge in [-0.15, -0.1) is 0 Å². The fourth-order valence-corrected chi connectivity index (χ4v) is 3.89. The molecule has 0 saturated heterocycles. The quantitative estimate of drug-likeness (QED) is 0.495. The number of rotatable bonds is 6. The van der Waals surface area contributed by atoms with Gasteiger partial charge in [-0.05, 0) is 36.5 Å². The molecule has 4 heterocycles. The van der Waals surface area contributed by atoms with E-state index in [0.29, 0.717) is 17.8 Å². The second-order valence-corrected chi connectivity index (χ2v) is 7.64. The van der Waals surface area contributed by atoms with E-state index in [1.807, 2.05) is 18.2 Å². The summed E-state index contributed by atoms with van der Waals surface area (Å²) in [5.74, 6) is 0.321. The molecule has 31 heavy (non-hydrogen) atoms. The summed E-state index contributed by atoms with van der Waals surface area (Å²) in [5, 5.41) is 4.45. The molecule has 0 radical (unpaired) electrons. The van der Waals surface area contributed by atoms with E-state index >= 15 is 0 Å². The van der Waals surface area contributed by atoms with Gasteiger partial charge in [-0.3, -0.25) is 14.8 Å². The standard InChI is InChI=1S/C21H18F2N6O2/c22-18(23)4-2-11-1-3-16(25-9-11)13-7-12(13)14-8-17(28-29-6-5-24-19(14)29)15-10-26-21(31)27-20(15)30/h1,3,5-6,8-10,12-13,18H,2,4,7H2,(H2,26,27,30,31)/t12-,13-/m0/s1. The van der Waals surface area contributed by atoms with E-state index in [0.717, 1.165) is 23.2 Å². The number of aromatic amines is 2. The van der Waals surface area contributed by atoms with Crippen LogP contribution in [0.1, 0.15) is 41.5 Å². The molecule has 4 aromatic rings. The van der Waals surface area contributed by atoms with Crippen molar-refractivity contribution >= 4 is 5.65 Å². The molecule has 10 heteroatoms. The second-order valence-electron chi connectivity index (χ2n) is 7.64. The molecule has 1 aliphatic rings. The fraction of sp³-hybridized carbons (Fsp3) is 0.286. The molecule has 1 fully saturated rings. The first kappa shape index (κ1) is 19.3. The predicted molar refractivity (Wildman–Crippen MR) is 108 cm³/mol. The smallest absolute Gasteiger partial charge is 0.313 e. The minimum Gasteiger partial charge on any atom is -0.313 e. The normalized spacial score (nSPS) is 18.0. The number of halogens is 2. The van der Waals surface area contributed by atoms with Crippen molar-refractivity contribution in [3.05, 3.63) is 80.6 Å². The maximum atomic E-state index is 12.4. The first-order valence-electron chi connectivity index (χ1n) is 9.89. The first-order valence-corrected chi connectivity index (χ1v) is 9.89. The van der Waals surface area contributed by atoms with Crippen LogP contribution < -0.4 is 11.2 Å². The van der Waals surface area contributed by atoms with E-state index in [9.17, 15) is 18.4 Å². The Morgan fingerprint density at radius 3 is 2.81 bits per heavy atom. The molecule has 1 aliphatic carbocycles. The lowest BCUT2D eigenvalue weighted by atomic mass is 10.1. The van der Waals surface area contributed by atoms with Crippen molar-refractivity contribution < 1.29 is 8.78 Å². The molecular weight excluding hydrogens is 406 g/mol. The van der Waals surface area contributed by atoms with Crippen LogP contribution in [0.15, 0.2) is 52.6 Å². The third kappa shape index (κ3) is 3.76. The number of alkyl halides is 2. The van der Waals surface area contributed by atoms with Crippen molar-refractivity contribution in [2.24, 2.45) is 0 Å². The van der Waals surface area contributed by atoms with Gasteiger partial charge in [-0.2, -0.15) is 5.10 Å². The van der Waals surface area contributed by atoms with Gasteiger partial charge in [0.05, 0.1) is 11.3 Å². The molecule has 0 spiro atoms. The summed E-state index contributed by atoms with van der Waals surface area (Å²) in [6.45, 7) is 0. The minimum atomic E-state index is -2.32. The third-order valence-electron chi connectivity index (χ3n) is 5.55. The van der Waals surface area contributed by atoms with Crippen molar-refractivity contribution in [2.75, 3.05) is 0 Å². The van der Waals surface area contributed by atoms with Crippen molar-refractivity contribution in [1.82, 2.24) is 29.5 Å². The fourth-order valence-electron chi connectivity index (χ4n) is 3.89. The van der Waals surface area contributed by atoms with Crippen LogP contribution in [0.4, 0.5) is 8.78 Å². The molecule has 1 saturated carbocycles. The number of pyridine rings is 1. The number of nitrogens with zero attached hydrogens (tertiary/aromatic N) is 4. The monoisotopic (exact) mass is 424 g/mol. The average molecular weight is 424 g/mol. The van der Waals surface area contributed by atoms with E-state index in [-0.39, 0.29) is 23.8 Å². The summed E-state index contributed by atoms with van der Waals surface area (Å²) in [7, 11) is 0. The van der Waals surface area contributed by atoms with Crippen LogP contribution in [0, 0.1) is 0 Å². The molecule has 0 amide bonds. The van der Waals surface area contributed by atoms with Gasteiger partial charge in [0.1, 0.15) is 0 Å². The van der Waals surface area contributed by atoms with E-state index < -0.39 is 17.7 Å². The zero-order valence-electron chi connectivity index (χ0n) is 16.3. The minimum absolute atomic E-state index is 0.146. The Balaban J connectivity index is 1.45. The largest absolute Gasteiger partial charge is 0.325 e. The Hall–Kier alpha value is -3.69. The van der Waals surface area contributed by atoms with Crippen molar-refractivity contribution in [1.29, 1.82) is 0 Å². The lowest BCUT2D eigenvalue weighted by Crippen LogP contribution is -2.23. The van der Waals surface area contributed by atoms with E-state index in [1.165, 1.54) is 6.20 Å². The maximum absolute atomic E-state index is 12.4. The summed E-state index contributed by atoms with van der Waals surface area (Å²) >= 11 is 0. The van der Waals surface area contributed by atoms with Crippen LogP contribution in [0.25, 0.3) is 16.9 Å². The molecule has 0 aromatic carbocycles. The summed E-state index contributed by atoms with van der Waals surface area (Å²) in [4.78, 5) is 37.1. The lowest BCUT2D eigenvalue weighted by molar-refractivity contribution is 0.138. The molecule has 4 aromatic heterocycles. The van der Waals surface area contributed by atoms with Crippen molar-refractivity contribution in [3.8, 4) is 11.3 Å². The topological polar surface area (TPSA) is 109 Å². The highest BCUT2D eigenvalue weighted by Crippen LogP contribution is 2.55. The van der Waals surface area contributed by atoms with Gasteiger partial charge >= 0.3 is 5.69 Å². The number of hydrogen-bond donors (Lipinski definition) is 2. The highest BCUT2D eigenvalue weighted by molar-refractivity contribution is 5.63. The Morgan fingerprint density at radius 2 is 2.06 bits per heavy atom. The number of imidazole rings is 1. The summed E-state index contributed by atoms with van der Waals surface area (Å²) in [6, 6.07) is 5.57. The zero-order valence-corrected chi connectivity index (χ0v) is 16.3. The molecule has 158 valence electrons. The summed E-state index contributed by atoms with van der Waals surface area (Å²) in [5.41, 5.74) is 2.92. The molecule has 2 N–H and O–H groups in total. The Labute approximate surface area is 174 Å². The van der Waals surface area contributed by atoms with Crippen molar-refractivity contribution in [2.45, 2.75) is 37.5 Å². The Bertz CT molecular complexity index is 1360. The van der Waals surface area contributed by atoms with Crippen LogP contribution in [0.5, 0.6) is 0 Å².